The zero-order valence-electron chi connectivity index (χ0n) is 10.3. The van der Waals surface area contributed by atoms with Gasteiger partial charge in [0.15, 0.2) is 0 Å². The van der Waals surface area contributed by atoms with Crippen LogP contribution in [0.4, 0.5) is 5.69 Å². The van der Waals surface area contributed by atoms with Crippen LogP contribution in [0.3, 0.4) is 0 Å². The molecule has 0 bridgehead atoms. The first kappa shape index (κ1) is 14.0. The lowest BCUT2D eigenvalue weighted by molar-refractivity contribution is -0.384. The summed E-state index contributed by atoms with van der Waals surface area (Å²) in [5.74, 6) is -1.08. The Balaban J connectivity index is 2.27. The molecule has 104 valence electrons. The van der Waals surface area contributed by atoms with Gasteiger partial charge in [0.1, 0.15) is 5.75 Å². The Hall–Kier alpha value is -2.42. The molecule has 20 heavy (non-hydrogen) atoms. The number of hydrogen-bond donors (Lipinski definition) is 1. The fourth-order valence-corrected chi connectivity index (χ4v) is 1.98. The van der Waals surface area contributed by atoms with Crippen LogP contribution in [0.15, 0.2) is 27.8 Å². The summed E-state index contributed by atoms with van der Waals surface area (Å²) in [6.07, 6.45) is 0. The van der Waals surface area contributed by atoms with Crippen molar-refractivity contribution in [3.05, 3.63) is 33.9 Å². The Bertz CT molecular complexity index is 670. The van der Waals surface area contributed by atoms with Gasteiger partial charge in [0.05, 0.1) is 4.92 Å². The molecule has 0 saturated carbocycles. The number of nitro benzene ring substituents is 1. The molecule has 0 amide bonds. The van der Waals surface area contributed by atoms with E-state index in [0.29, 0.717) is 11.1 Å². The number of nitro groups is 1. The topological polar surface area (TPSA) is 119 Å². The second-order valence-corrected chi connectivity index (χ2v) is 4.80. The van der Waals surface area contributed by atoms with Crippen LogP contribution in [0.1, 0.15) is 5.56 Å². The molecule has 8 nitrogen and oxygen atoms in total. The average Bonchev–Trinajstić information content (AvgIpc) is 2.84. The fraction of sp³-hybridized carbons (Fsp3) is 0.182. The van der Waals surface area contributed by atoms with Crippen molar-refractivity contribution in [2.75, 3.05) is 5.75 Å². The van der Waals surface area contributed by atoms with Gasteiger partial charge in [0, 0.05) is 17.7 Å². The number of aliphatic carboxylic acids is 1. The number of carboxylic acids is 1. The van der Waals surface area contributed by atoms with Crippen molar-refractivity contribution in [3.8, 4) is 11.5 Å². The first-order chi connectivity index (χ1) is 9.45. The molecule has 0 atom stereocenters. The van der Waals surface area contributed by atoms with E-state index in [1.807, 2.05) is 0 Å². The maximum Gasteiger partial charge on any atom is 0.314 e. The summed E-state index contributed by atoms with van der Waals surface area (Å²) in [7, 11) is 0. The molecule has 0 spiro atoms. The molecule has 1 N–H and O–H groups in total. The number of rotatable bonds is 5. The van der Waals surface area contributed by atoms with Crippen LogP contribution in [0.5, 0.6) is 0 Å². The van der Waals surface area contributed by atoms with Gasteiger partial charge in [-0.1, -0.05) is 11.8 Å². The molecular formula is C11H9N3O5S. The van der Waals surface area contributed by atoms with Crippen molar-refractivity contribution in [3.63, 3.8) is 0 Å². The third kappa shape index (κ3) is 3.32. The molecule has 0 aliphatic rings. The molecule has 2 aromatic rings. The smallest absolute Gasteiger partial charge is 0.314 e. The number of carbonyl (C=O) groups is 1. The van der Waals surface area contributed by atoms with Crippen molar-refractivity contribution >= 4 is 23.4 Å². The predicted molar refractivity (Wildman–Crippen MR) is 69.5 cm³/mol. The maximum absolute atomic E-state index is 10.8. The predicted octanol–water partition coefficient (Wildman–Crippen LogP) is 2.13. The lowest BCUT2D eigenvalue weighted by Gasteiger charge is -1.98. The van der Waals surface area contributed by atoms with E-state index < -0.39 is 10.9 Å². The molecule has 1 aromatic heterocycles. The van der Waals surface area contributed by atoms with Crippen molar-refractivity contribution in [1.29, 1.82) is 0 Å². The lowest BCUT2D eigenvalue weighted by Crippen LogP contribution is -1.97. The molecule has 0 unspecified atom stereocenters. The number of non-ortho nitro benzene ring substituents is 1. The summed E-state index contributed by atoms with van der Waals surface area (Å²) < 4.78 is 5.26. The Morgan fingerprint density at radius 3 is 2.85 bits per heavy atom. The molecule has 2 rings (SSSR count). The third-order valence-electron chi connectivity index (χ3n) is 2.25. The largest absolute Gasteiger partial charge is 0.481 e. The van der Waals surface area contributed by atoms with E-state index in [1.54, 1.807) is 13.0 Å². The van der Waals surface area contributed by atoms with Crippen LogP contribution >= 0.6 is 11.8 Å². The van der Waals surface area contributed by atoms with Crippen LogP contribution in [0, 0.1) is 17.0 Å². The molecule has 1 heterocycles. The molecule has 1 aromatic carbocycles. The lowest BCUT2D eigenvalue weighted by atomic mass is 10.1. The molecule has 0 aliphatic heterocycles. The van der Waals surface area contributed by atoms with E-state index >= 15 is 0 Å². The Morgan fingerprint density at radius 2 is 2.20 bits per heavy atom. The molecule has 0 saturated heterocycles. The summed E-state index contributed by atoms with van der Waals surface area (Å²) in [4.78, 5) is 20.7. The second kappa shape index (κ2) is 5.70. The van der Waals surface area contributed by atoms with Gasteiger partial charge in [-0.3, -0.25) is 14.9 Å². The van der Waals surface area contributed by atoms with E-state index in [4.69, 9.17) is 9.52 Å². The van der Waals surface area contributed by atoms with Crippen molar-refractivity contribution < 1.29 is 19.2 Å². The van der Waals surface area contributed by atoms with Crippen LogP contribution < -0.4 is 0 Å². The number of benzene rings is 1. The zero-order chi connectivity index (χ0) is 14.7. The van der Waals surface area contributed by atoms with Gasteiger partial charge in [-0.2, -0.15) is 0 Å². The zero-order valence-corrected chi connectivity index (χ0v) is 11.1. The molecule has 0 radical (unpaired) electrons. The monoisotopic (exact) mass is 295 g/mol. The van der Waals surface area contributed by atoms with Gasteiger partial charge in [0.25, 0.3) is 10.9 Å². The standard InChI is InChI=1S/C11H9N3O5S/c1-6-2-7(4-8(3-6)14(17)18)10-12-13-11(19-10)20-5-9(15)16/h2-4H,5H2,1H3,(H,15,16). The Morgan fingerprint density at radius 1 is 1.45 bits per heavy atom. The Kier molecular flexibility index (Phi) is 3.99. The van der Waals surface area contributed by atoms with E-state index in [1.165, 1.54) is 12.1 Å². The summed E-state index contributed by atoms with van der Waals surface area (Å²) in [5, 5.41) is 26.9. The van der Waals surface area contributed by atoms with Crippen LogP contribution in [-0.4, -0.2) is 31.9 Å². The minimum Gasteiger partial charge on any atom is -0.481 e. The minimum atomic E-state index is -0.999. The second-order valence-electron chi connectivity index (χ2n) is 3.87. The molecular weight excluding hydrogens is 286 g/mol. The third-order valence-corrected chi connectivity index (χ3v) is 3.05. The summed E-state index contributed by atoms with van der Waals surface area (Å²) in [6, 6.07) is 4.43. The van der Waals surface area contributed by atoms with Gasteiger partial charge in [0.2, 0.25) is 5.89 Å². The number of hydrogen-bond acceptors (Lipinski definition) is 7. The average molecular weight is 295 g/mol. The van der Waals surface area contributed by atoms with Crippen LogP contribution in [0.25, 0.3) is 11.5 Å². The quantitative estimate of drug-likeness (QED) is 0.506. The number of aromatic nitrogens is 2. The van der Waals surface area contributed by atoms with Crippen molar-refractivity contribution in [2.45, 2.75) is 12.1 Å². The van der Waals surface area contributed by atoms with Crippen molar-refractivity contribution in [2.24, 2.45) is 0 Å². The van der Waals surface area contributed by atoms with Gasteiger partial charge in [-0.25, -0.2) is 0 Å². The highest BCUT2D eigenvalue weighted by Crippen LogP contribution is 2.27. The number of nitrogens with zero attached hydrogens (tertiary/aromatic N) is 3. The highest BCUT2D eigenvalue weighted by molar-refractivity contribution is 7.99. The van der Waals surface area contributed by atoms with Gasteiger partial charge in [-0.15, -0.1) is 10.2 Å². The highest BCUT2D eigenvalue weighted by atomic mass is 32.2. The van der Waals surface area contributed by atoms with E-state index in [-0.39, 0.29) is 22.6 Å². The van der Waals surface area contributed by atoms with E-state index in [0.717, 1.165) is 11.8 Å². The van der Waals surface area contributed by atoms with Crippen LogP contribution in [-0.2, 0) is 4.79 Å². The summed E-state index contributed by atoms with van der Waals surface area (Å²) in [5.41, 5.74) is 1.04. The summed E-state index contributed by atoms with van der Waals surface area (Å²) in [6.45, 7) is 1.72. The minimum absolute atomic E-state index is 0.0714. The van der Waals surface area contributed by atoms with Crippen LogP contribution in [0.2, 0.25) is 0 Å². The number of thioether (sulfide) groups is 1. The molecule has 0 fully saturated rings. The first-order valence-corrected chi connectivity index (χ1v) is 6.39. The summed E-state index contributed by atoms with van der Waals surface area (Å²) >= 11 is 0.885. The number of aryl methyl sites for hydroxylation is 1. The van der Waals surface area contributed by atoms with E-state index in [9.17, 15) is 14.9 Å². The first-order valence-electron chi connectivity index (χ1n) is 5.40. The Labute approximate surface area is 117 Å². The maximum atomic E-state index is 10.8. The fourth-order valence-electron chi connectivity index (χ4n) is 1.50. The normalized spacial score (nSPS) is 10.4. The van der Waals surface area contributed by atoms with E-state index in [2.05, 4.69) is 10.2 Å². The van der Waals surface area contributed by atoms with Gasteiger partial charge in [-0.05, 0) is 18.6 Å². The van der Waals surface area contributed by atoms with Gasteiger partial charge >= 0.3 is 5.97 Å². The number of carboxylic acid groups (broad SMARTS) is 1. The highest BCUT2D eigenvalue weighted by Gasteiger charge is 2.15. The SMILES string of the molecule is Cc1cc(-c2nnc(SCC(=O)O)o2)cc([N+](=O)[O-])c1. The van der Waals surface area contributed by atoms with Gasteiger partial charge < -0.3 is 9.52 Å². The van der Waals surface area contributed by atoms with Crippen molar-refractivity contribution in [1.82, 2.24) is 10.2 Å². The molecule has 9 heteroatoms. The molecule has 0 aliphatic carbocycles.